The second-order valence-corrected chi connectivity index (χ2v) is 6.19. The third kappa shape index (κ3) is 2.08. The van der Waals surface area contributed by atoms with Gasteiger partial charge >= 0.3 is 5.97 Å². The van der Waals surface area contributed by atoms with Gasteiger partial charge in [0, 0.05) is 28.6 Å². The summed E-state index contributed by atoms with van der Waals surface area (Å²) in [5.74, 6) is -1.33. The van der Waals surface area contributed by atoms with Crippen LogP contribution in [0.4, 0.5) is 0 Å². The fourth-order valence-electron chi connectivity index (χ4n) is 2.77. The van der Waals surface area contributed by atoms with E-state index in [0.29, 0.717) is 18.7 Å². The zero-order valence-electron chi connectivity index (χ0n) is 11.1. The molecule has 20 heavy (non-hydrogen) atoms. The molecule has 0 aliphatic carbocycles. The average Bonchev–Trinajstić information content (AvgIpc) is 3.01. The molecule has 0 saturated carbocycles. The molecule has 104 valence electrons. The van der Waals surface area contributed by atoms with E-state index in [4.69, 9.17) is 5.11 Å². The van der Waals surface area contributed by atoms with Gasteiger partial charge in [-0.1, -0.05) is 25.1 Å². The van der Waals surface area contributed by atoms with Crippen LogP contribution in [0.25, 0.3) is 10.1 Å². The van der Waals surface area contributed by atoms with Crippen LogP contribution in [0.15, 0.2) is 29.6 Å². The van der Waals surface area contributed by atoms with Crippen molar-refractivity contribution in [2.24, 2.45) is 11.8 Å². The van der Waals surface area contributed by atoms with Gasteiger partial charge in [-0.15, -0.1) is 11.3 Å². The fourth-order valence-corrected chi connectivity index (χ4v) is 3.70. The lowest BCUT2D eigenvalue weighted by Crippen LogP contribution is -2.29. The molecule has 4 nitrogen and oxygen atoms in total. The summed E-state index contributed by atoms with van der Waals surface area (Å²) in [5.41, 5.74) is 0.684. The van der Waals surface area contributed by atoms with E-state index < -0.39 is 11.9 Å². The summed E-state index contributed by atoms with van der Waals surface area (Å²) in [7, 11) is 0. The Hall–Kier alpha value is -1.88. The Kier molecular flexibility index (Phi) is 3.22. The van der Waals surface area contributed by atoms with Crippen LogP contribution in [0, 0.1) is 11.8 Å². The Morgan fingerprint density at radius 3 is 2.75 bits per heavy atom. The second kappa shape index (κ2) is 4.90. The molecule has 0 unspecified atom stereocenters. The SMILES string of the molecule is C[C@@H]1CN(C(=O)c2csc3ccccc23)C[C@H]1C(=O)O. The molecule has 1 aliphatic rings. The van der Waals surface area contributed by atoms with E-state index >= 15 is 0 Å². The molecule has 1 aliphatic heterocycles. The zero-order chi connectivity index (χ0) is 14.3. The van der Waals surface area contributed by atoms with E-state index in [0.717, 1.165) is 10.1 Å². The van der Waals surface area contributed by atoms with E-state index in [1.54, 1.807) is 16.2 Å². The Labute approximate surface area is 120 Å². The topological polar surface area (TPSA) is 57.6 Å². The van der Waals surface area contributed by atoms with Gasteiger partial charge in [-0.2, -0.15) is 0 Å². The fraction of sp³-hybridized carbons (Fsp3) is 0.333. The summed E-state index contributed by atoms with van der Waals surface area (Å²) in [6.07, 6.45) is 0. The van der Waals surface area contributed by atoms with Gasteiger partial charge in [0.1, 0.15) is 0 Å². The number of benzene rings is 1. The molecular formula is C15H15NO3S. The molecule has 3 rings (SSSR count). The number of hydrogen-bond donors (Lipinski definition) is 1. The van der Waals surface area contributed by atoms with E-state index in [2.05, 4.69) is 0 Å². The van der Waals surface area contributed by atoms with Crippen molar-refractivity contribution in [2.45, 2.75) is 6.92 Å². The first-order valence-corrected chi connectivity index (χ1v) is 7.44. The van der Waals surface area contributed by atoms with Crippen molar-refractivity contribution in [2.75, 3.05) is 13.1 Å². The Morgan fingerprint density at radius 1 is 1.30 bits per heavy atom. The van der Waals surface area contributed by atoms with Crippen LogP contribution in [-0.4, -0.2) is 35.0 Å². The van der Waals surface area contributed by atoms with Gasteiger partial charge in [-0.25, -0.2) is 0 Å². The summed E-state index contributed by atoms with van der Waals surface area (Å²) in [5, 5.41) is 12.0. The van der Waals surface area contributed by atoms with Crippen LogP contribution in [0.5, 0.6) is 0 Å². The maximum Gasteiger partial charge on any atom is 0.308 e. The lowest BCUT2D eigenvalue weighted by molar-refractivity contribution is -0.142. The van der Waals surface area contributed by atoms with Crippen molar-refractivity contribution in [1.29, 1.82) is 0 Å². The van der Waals surface area contributed by atoms with Crippen molar-refractivity contribution in [3.05, 3.63) is 35.2 Å². The number of rotatable bonds is 2. The van der Waals surface area contributed by atoms with E-state index in [-0.39, 0.29) is 11.8 Å². The molecule has 0 spiro atoms. The number of carboxylic acids is 1. The normalized spacial score (nSPS) is 22.4. The van der Waals surface area contributed by atoms with Crippen molar-refractivity contribution in [1.82, 2.24) is 4.90 Å². The first-order chi connectivity index (χ1) is 9.58. The molecule has 0 radical (unpaired) electrons. The third-order valence-electron chi connectivity index (χ3n) is 3.93. The minimum Gasteiger partial charge on any atom is -0.481 e. The van der Waals surface area contributed by atoms with E-state index in [9.17, 15) is 9.59 Å². The summed E-state index contributed by atoms with van der Waals surface area (Å²) in [4.78, 5) is 25.4. The van der Waals surface area contributed by atoms with Crippen LogP contribution in [-0.2, 0) is 4.79 Å². The number of carboxylic acid groups (broad SMARTS) is 1. The largest absolute Gasteiger partial charge is 0.481 e. The molecule has 1 aromatic heterocycles. The molecule has 1 saturated heterocycles. The molecule has 0 bridgehead atoms. The van der Waals surface area contributed by atoms with Gasteiger partial charge in [0.05, 0.1) is 11.5 Å². The second-order valence-electron chi connectivity index (χ2n) is 5.28. The Morgan fingerprint density at radius 2 is 2.05 bits per heavy atom. The Bertz CT molecular complexity index is 679. The highest BCUT2D eigenvalue weighted by Crippen LogP contribution is 2.30. The lowest BCUT2D eigenvalue weighted by Gasteiger charge is -2.15. The third-order valence-corrected chi connectivity index (χ3v) is 4.89. The van der Waals surface area contributed by atoms with Gasteiger partial charge in [-0.05, 0) is 12.0 Å². The van der Waals surface area contributed by atoms with Crippen molar-refractivity contribution < 1.29 is 14.7 Å². The number of thiophene rings is 1. The number of hydrogen-bond acceptors (Lipinski definition) is 3. The van der Waals surface area contributed by atoms with Gasteiger partial charge in [-0.3, -0.25) is 9.59 Å². The van der Waals surface area contributed by atoms with Gasteiger partial charge in [0.25, 0.3) is 5.91 Å². The number of carbonyl (C=O) groups excluding carboxylic acids is 1. The summed E-state index contributed by atoms with van der Waals surface area (Å²) in [6.45, 7) is 2.71. The predicted octanol–water partition coefficient (Wildman–Crippen LogP) is 2.69. The standard InChI is InChI=1S/C15H15NO3S/c1-9-6-16(7-11(9)15(18)19)14(17)12-8-20-13-5-3-2-4-10(12)13/h2-5,8-9,11H,6-7H2,1H3,(H,18,19)/t9-,11-/m1/s1. The quantitative estimate of drug-likeness (QED) is 0.924. The zero-order valence-corrected chi connectivity index (χ0v) is 11.9. The number of fused-ring (bicyclic) bond motifs is 1. The van der Waals surface area contributed by atoms with Gasteiger partial charge < -0.3 is 10.0 Å². The van der Waals surface area contributed by atoms with Crippen LogP contribution in [0.3, 0.4) is 0 Å². The summed E-state index contributed by atoms with van der Waals surface area (Å²) < 4.78 is 1.08. The van der Waals surface area contributed by atoms with Crippen molar-refractivity contribution in [3.63, 3.8) is 0 Å². The maximum atomic E-state index is 12.6. The molecule has 1 aromatic carbocycles. The summed E-state index contributed by atoms with van der Waals surface area (Å²) in [6, 6.07) is 7.79. The number of nitrogens with zero attached hydrogens (tertiary/aromatic N) is 1. The van der Waals surface area contributed by atoms with Crippen LogP contribution < -0.4 is 0 Å². The van der Waals surface area contributed by atoms with E-state index in [1.807, 2.05) is 36.6 Å². The van der Waals surface area contributed by atoms with Crippen molar-refractivity contribution in [3.8, 4) is 0 Å². The van der Waals surface area contributed by atoms with E-state index in [1.165, 1.54) is 0 Å². The van der Waals surface area contributed by atoms with Crippen LogP contribution >= 0.6 is 11.3 Å². The lowest BCUT2D eigenvalue weighted by atomic mass is 9.99. The molecule has 5 heteroatoms. The minimum absolute atomic E-state index is 0.00125. The van der Waals surface area contributed by atoms with Gasteiger partial charge in [0.2, 0.25) is 0 Å². The molecule has 1 fully saturated rings. The van der Waals surface area contributed by atoms with Crippen LogP contribution in [0.1, 0.15) is 17.3 Å². The number of carbonyl (C=O) groups is 2. The highest BCUT2D eigenvalue weighted by Gasteiger charge is 2.37. The highest BCUT2D eigenvalue weighted by atomic mass is 32.1. The number of amides is 1. The molecule has 2 aromatic rings. The monoisotopic (exact) mass is 289 g/mol. The van der Waals surface area contributed by atoms with Gasteiger partial charge in [0.15, 0.2) is 0 Å². The first-order valence-electron chi connectivity index (χ1n) is 6.56. The summed E-state index contributed by atoms with van der Waals surface area (Å²) >= 11 is 1.55. The van der Waals surface area contributed by atoms with Crippen LogP contribution in [0.2, 0.25) is 0 Å². The average molecular weight is 289 g/mol. The number of likely N-dealkylation sites (tertiary alicyclic amines) is 1. The van der Waals surface area contributed by atoms with Crippen molar-refractivity contribution >= 4 is 33.3 Å². The maximum absolute atomic E-state index is 12.6. The first kappa shape index (κ1) is 13.1. The molecule has 1 amide bonds. The predicted molar refractivity (Wildman–Crippen MR) is 78.0 cm³/mol. The molecule has 2 heterocycles. The highest BCUT2D eigenvalue weighted by molar-refractivity contribution is 7.17. The molecular weight excluding hydrogens is 274 g/mol. The molecule has 2 atom stereocenters. The number of aliphatic carboxylic acids is 1. The Balaban J connectivity index is 1.89. The smallest absolute Gasteiger partial charge is 0.308 e. The minimum atomic E-state index is -0.817. The molecule has 1 N–H and O–H groups in total.